The molecule has 0 aromatic carbocycles. The summed E-state index contributed by atoms with van der Waals surface area (Å²) in [6, 6.07) is 0.00762. The van der Waals surface area contributed by atoms with Gasteiger partial charge in [-0.3, -0.25) is 0 Å². The molecule has 1 unspecified atom stereocenters. The molecule has 18 heavy (non-hydrogen) atoms. The van der Waals surface area contributed by atoms with Crippen LogP contribution in [0.4, 0.5) is 5.95 Å². The van der Waals surface area contributed by atoms with Crippen LogP contribution in [0.15, 0.2) is 4.52 Å². The summed E-state index contributed by atoms with van der Waals surface area (Å²) >= 11 is 0. The summed E-state index contributed by atoms with van der Waals surface area (Å²) in [7, 11) is 0. The van der Waals surface area contributed by atoms with Gasteiger partial charge in [-0.15, -0.1) is 0 Å². The minimum absolute atomic E-state index is 0.00762. The van der Waals surface area contributed by atoms with Crippen molar-refractivity contribution >= 4 is 5.95 Å². The topological polar surface area (TPSA) is 74.4 Å². The van der Waals surface area contributed by atoms with Gasteiger partial charge in [0.05, 0.1) is 12.1 Å². The first kappa shape index (κ1) is 11.9. The Balaban J connectivity index is 1.68. The zero-order valence-electron chi connectivity index (χ0n) is 10.5. The van der Waals surface area contributed by atoms with Gasteiger partial charge in [-0.1, -0.05) is 12.8 Å². The lowest BCUT2D eigenvalue weighted by atomic mass is 10.2. The third-order valence-corrected chi connectivity index (χ3v) is 3.73. The molecule has 3 rings (SSSR count). The van der Waals surface area contributed by atoms with Crippen molar-refractivity contribution in [1.29, 1.82) is 0 Å². The Morgan fingerprint density at radius 2 is 2.00 bits per heavy atom. The Bertz CT molecular complexity index is 387. The minimum Gasteiger partial charge on any atom is -0.392 e. The lowest BCUT2D eigenvalue weighted by molar-refractivity contribution is 0.191. The molecule has 0 spiro atoms. The Morgan fingerprint density at radius 3 is 2.67 bits per heavy atom. The summed E-state index contributed by atoms with van der Waals surface area (Å²) in [6.45, 7) is 2.63. The van der Waals surface area contributed by atoms with Crippen LogP contribution in [-0.2, 0) is 0 Å². The number of nitrogens with zero attached hydrogens (tertiary/aromatic N) is 3. The van der Waals surface area contributed by atoms with Crippen LogP contribution in [0.2, 0.25) is 0 Å². The maximum absolute atomic E-state index is 9.49. The summed E-state index contributed by atoms with van der Waals surface area (Å²) in [5.41, 5.74) is 0. The highest BCUT2D eigenvalue weighted by Crippen LogP contribution is 2.24. The monoisotopic (exact) mass is 252 g/mol. The summed E-state index contributed by atoms with van der Waals surface area (Å²) in [4.78, 5) is 6.67. The Hall–Kier alpha value is -1.14. The summed E-state index contributed by atoms with van der Waals surface area (Å²) in [5, 5.41) is 16.7. The fourth-order valence-electron chi connectivity index (χ4n) is 2.67. The van der Waals surface area contributed by atoms with Crippen LogP contribution in [0, 0.1) is 0 Å². The van der Waals surface area contributed by atoms with Crippen LogP contribution in [0.25, 0.3) is 0 Å². The van der Waals surface area contributed by atoms with Crippen molar-refractivity contribution in [2.45, 2.75) is 44.2 Å². The van der Waals surface area contributed by atoms with E-state index in [1.165, 1.54) is 25.7 Å². The summed E-state index contributed by atoms with van der Waals surface area (Å²) in [6.07, 6.45) is 5.33. The van der Waals surface area contributed by atoms with E-state index in [9.17, 15) is 5.11 Å². The van der Waals surface area contributed by atoms with E-state index in [0.717, 1.165) is 13.1 Å². The van der Waals surface area contributed by atoms with Gasteiger partial charge in [-0.2, -0.15) is 4.98 Å². The second-order valence-corrected chi connectivity index (χ2v) is 5.18. The Kier molecular flexibility index (Phi) is 3.47. The quantitative estimate of drug-likeness (QED) is 0.812. The van der Waals surface area contributed by atoms with Gasteiger partial charge in [0.2, 0.25) is 5.89 Å². The first-order chi connectivity index (χ1) is 8.83. The van der Waals surface area contributed by atoms with Gasteiger partial charge in [0.25, 0.3) is 5.95 Å². The van der Waals surface area contributed by atoms with Crippen molar-refractivity contribution in [3.8, 4) is 0 Å². The molecule has 1 aromatic rings. The predicted octanol–water partition coefficient (Wildman–Crippen LogP) is 0.845. The second kappa shape index (κ2) is 5.24. The Morgan fingerprint density at radius 1 is 1.22 bits per heavy atom. The number of aliphatic hydroxyl groups excluding tert-OH is 1. The normalized spacial score (nSPS) is 29.5. The van der Waals surface area contributed by atoms with E-state index in [4.69, 9.17) is 4.52 Å². The SMILES string of the molecule is OC1CN[C@H](c2nc(N3CCCCCC3)no2)C1. The molecule has 2 atom stereocenters. The molecule has 1 aromatic heterocycles. The van der Waals surface area contributed by atoms with E-state index in [-0.39, 0.29) is 12.1 Å². The number of β-amino-alcohol motifs (C(OH)–C–C–N with tert-alkyl or cyclic N) is 1. The standard InChI is InChI=1S/C12H20N4O2/c17-9-7-10(13-8-9)11-14-12(15-18-11)16-5-3-1-2-4-6-16/h9-10,13,17H,1-8H2/t9?,10-/m0/s1. The van der Waals surface area contributed by atoms with Gasteiger partial charge in [0.1, 0.15) is 0 Å². The molecule has 6 nitrogen and oxygen atoms in total. The van der Waals surface area contributed by atoms with E-state index in [1.807, 2.05) is 0 Å². The molecule has 0 amide bonds. The number of aliphatic hydroxyl groups is 1. The van der Waals surface area contributed by atoms with Crippen LogP contribution < -0.4 is 10.2 Å². The molecule has 2 fully saturated rings. The third kappa shape index (κ3) is 2.49. The fraction of sp³-hybridized carbons (Fsp3) is 0.833. The molecular weight excluding hydrogens is 232 g/mol. The number of hydrogen-bond acceptors (Lipinski definition) is 6. The van der Waals surface area contributed by atoms with E-state index >= 15 is 0 Å². The molecule has 0 radical (unpaired) electrons. The highest BCUT2D eigenvalue weighted by molar-refractivity contribution is 5.28. The zero-order chi connectivity index (χ0) is 12.4. The van der Waals surface area contributed by atoms with Gasteiger partial charge in [-0.25, -0.2) is 0 Å². The Labute approximate surface area is 106 Å². The van der Waals surface area contributed by atoms with Crippen molar-refractivity contribution in [3.05, 3.63) is 5.89 Å². The van der Waals surface area contributed by atoms with Crippen LogP contribution in [0.3, 0.4) is 0 Å². The van der Waals surface area contributed by atoms with Gasteiger partial charge < -0.3 is 19.8 Å². The maximum Gasteiger partial charge on any atom is 0.266 e. The lowest BCUT2D eigenvalue weighted by Crippen LogP contribution is -2.25. The average Bonchev–Trinajstić information content (AvgIpc) is 2.92. The lowest BCUT2D eigenvalue weighted by Gasteiger charge is -2.16. The molecule has 0 saturated carbocycles. The largest absolute Gasteiger partial charge is 0.392 e. The summed E-state index contributed by atoms with van der Waals surface area (Å²) < 4.78 is 5.31. The van der Waals surface area contributed by atoms with Crippen LogP contribution in [0.5, 0.6) is 0 Å². The molecule has 0 aliphatic carbocycles. The van der Waals surface area contributed by atoms with Crippen molar-refractivity contribution in [1.82, 2.24) is 15.5 Å². The molecular formula is C12H20N4O2. The smallest absolute Gasteiger partial charge is 0.266 e. The molecule has 2 saturated heterocycles. The van der Waals surface area contributed by atoms with Gasteiger partial charge in [0.15, 0.2) is 0 Å². The van der Waals surface area contributed by atoms with Crippen molar-refractivity contribution in [2.75, 3.05) is 24.5 Å². The first-order valence-electron chi connectivity index (χ1n) is 6.83. The van der Waals surface area contributed by atoms with E-state index in [0.29, 0.717) is 24.8 Å². The van der Waals surface area contributed by atoms with Crippen LogP contribution >= 0.6 is 0 Å². The first-order valence-corrected chi connectivity index (χ1v) is 6.83. The summed E-state index contributed by atoms with van der Waals surface area (Å²) in [5.74, 6) is 1.31. The van der Waals surface area contributed by atoms with E-state index in [2.05, 4.69) is 20.4 Å². The van der Waals surface area contributed by atoms with E-state index < -0.39 is 0 Å². The number of rotatable bonds is 2. The molecule has 2 aliphatic rings. The number of aromatic nitrogens is 2. The molecule has 100 valence electrons. The van der Waals surface area contributed by atoms with Gasteiger partial charge in [0, 0.05) is 19.6 Å². The van der Waals surface area contributed by atoms with Crippen molar-refractivity contribution < 1.29 is 9.63 Å². The zero-order valence-corrected chi connectivity index (χ0v) is 10.5. The highest BCUT2D eigenvalue weighted by atomic mass is 16.5. The predicted molar refractivity (Wildman–Crippen MR) is 66.3 cm³/mol. The second-order valence-electron chi connectivity index (χ2n) is 5.18. The van der Waals surface area contributed by atoms with E-state index in [1.54, 1.807) is 0 Å². The molecule has 2 aliphatic heterocycles. The van der Waals surface area contributed by atoms with Gasteiger partial charge in [-0.05, 0) is 24.4 Å². The van der Waals surface area contributed by atoms with Crippen molar-refractivity contribution in [2.24, 2.45) is 0 Å². The highest BCUT2D eigenvalue weighted by Gasteiger charge is 2.28. The number of nitrogens with one attached hydrogen (secondary N) is 1. The molecule has 2 N–H and O–H groups in total. The maximum atomic E-state index is 9.49. The average molecular weight is 252 g/mol. The van der Waals surface area contributed by atoms with Crippen molar-refractivity contribution in [3.63, 3.8) is 0 Å². The number of hydrogen-bond donors (Lipinski definition) is 2. The fourth-order valence-corrected chi connectivity index (χ4v) is 2.67. The molecule has 3 heterocycles. The van der Waals surface area contributed by atoms with Crippen LogP contribution in [-0.4, -0.2) is 41.0 Å². The third-order valence-electron chi connectivity index (χ3n) is 3.73. The molecule has 0 bridgehead atoms. The van der Waals surface area contributed by atoms with Gasteiger partial charge >= 0.3 is 0 Å². The number of anilines is 1. The molecule has 6 heteroatoms. The minimum atomic E-state index is -0.302. The van der Waals surface area contributed by atoms with Crippen LogP contribution in [0.1, 0.15) is 44.0 Å².